The van der Waals surface area contributed by atoms with Gasteiger partial charge in [0, 0.05) is 49.8 Å². The molecule has 1 saturated heterocycles. The Morgan fingerprint density at radius 2 is 1.79 bits per heavy atom. The van der Waals surface area contributed by atoms with Crippen molar-refractivity contribution < 1.29 is 4.79 Å². The van der Waals surface area contributed by atoms with Crippen LogP contribution in [0, 0.1) is 0 Å². The predicted molar refractivity (Wildman–Crippen MR) is 110 cm³/mol. The van der Waals surface area contributed by atoms with Crippen molar-refractivity contribution in [1.82, 2.24) is 19.6 Å². The van der Waals surface area contributed by atoms with Gasteiger partial charge in [-0.1, -0.05) is 25.1 Å². The molecule has 1 fully saturated rings. The maximum Gasteiger partial charge on any atom is 0.276 e. The van der Waals surface area contributed by atoms with Crippen LogP contribution in [0.4, 0.5) is 16.6 Å². The summed E-state index contributed by atoms with van der Waals surface area (Å²) in [5.41, 5.74) is 1.03. The van der Waals surface area contributed by atoms with Gasteiger partial charge in [-0.25, -0.2) is 4.98 Å². The quantitative estimate of drug-likeness (QED) is 0.710. The van der Waals surface area contributed by atoms with E-state index in [2.05, 4.69) is 41.6 Å². The largest absolute Gasteiger partial charge is 0.352 e. The van der Waals surface area contributed by atoms with Gasteiger partial charge in [0.25, 0.3) is 5.91 Å². The molecule has 0 radical (unpaired) electrons. The zero-order valence-electron chi connectivity index (χ0n) is 15.6. The highest BCUT2D eigenvalue weighted by Gasteiger charge is 2.21. The topological polar surface area (TPSA) is 87.1 Å². The van der Waals surface area contributed by atoms with Crippen LogP contribution in [-0.2, 0) is 6.42 Å². The summed E-state index contributed by atoms with van der Waals surface area (Å²) in [7, 11) is 0. The molecule has 28 heavy (non-hydrogen) atoms. The predicted octanol–water partition coefficient (Wildman–Crippen LogP) is 2.47. The van der Waals surface area contributed by atoms with E-state index < -0.39 is 0 Å². The fourth-order valence-electron chi connectivity index (χ4n) is 2.98. The van der Waals surface area contributed by atoms with E-state index in [1.165, 1.54) is 11.5 Å². The second-order valence-corrected chi connectivity index (χ2v) is 7.15. The summed E-state index contributed by atoms with van der Waals surface area (Å²) in [5.74, 6) is 1.41. The molecule has 1 aliphatic heterocycles. The molecule has 1 amide bonds. The minimum Gasteiger partial charge on any atom is -0.352 e. The summed E-state index contributed by atoms with van der Waals surface area (Å²) in [6.45, 7) is 5.43. The number of piperazine rings is 1. The highest BCUT2D eigenvalue weighted by molar-refractivity contribution is 7.09. The zero-order chi connectivity index (χ0) is 19.3. The number of carbonyl (C=O) groups excluding carboxylic acids is 1. The lowest BCUT2D eigenvalue weighted by molar-refractivity contribution is 0.102. The van der Waals surface area contributed by atoms with Crippen LogP contribution in [0.1, 0.15) is 23.2 Å². The molecule has 0 bridgehead atoms. The van der Waals surface area contributed by atoms with Gasteiger partial charge in [0.2, 0.25) is 5.13 Å². The number of aromatic nitrogens is 4. The van der Waals surface area contributed by atoms with Crippen LogP contribution in [0.25, 0.3) is 0 Å². The van der Waals surface area contributed by atoms with Gasteiger partial charge in [-0.2, -0.15) is 4.37 Å². The third-order valence-corrected chi connectivity index (χ3v) is 5.38. The molecule has 0 unspecified atom stereocenters. The Kier molecular flexibility index (Phi) is 5.43. The number of anilines is 3. The summed E-state index contributed by atoms with van der Waals surface area (Å²) in [4.78, 5) is 21.3. The summed E-state index contributed by atoms with van der Waals surface area (Å²) in [6.07, 6.45) is 0.857. The summed E-state index contributed by atoms with van der Waals surface area (Å²) in [5, 5.41) is 12.2. The minimum atomic E-state index is -0.266. The molecule has 0 saturated carbocycles. The van der Waals surface area contributed by atoms with Crippen molar-refractivity contribution in [1.29, 1.82) is 0 Å². The number of hydrogen-bond donors (Lipinski definition) is 1. The number of nitrogens with zero attached hydrogens (tertiary/aromatic N) is 6. The molecule has 2 aromatic heterocycles. The molecule has 3 heterocycles. The normalized spacial score (nSPS) is 14.2. The number of para-hydroxylation sites is 1. The second kappa shape index (κ2) is 8.30. The molecule has 4 rings (SSSR count). The minimum absolute atomic E-state index is 0.266. The van der Waals surface area contributed by atoms with E-state index in [9.17, 15) is 4.79 Å². The molecule has 3 aromatic rings. The van der Waals surface area contributed by atoms with Crippen molar-refractivity contribution >= 4 is 34.1 Å². The van der Waals surface area contributed by atoms with Crippen LogP contribution in [0.5, 0.6) is 0 Å². The Labute approximate surface area is 167 Å². The van der Waals surface area contributed by atoms with Gasteiger partial charge in [-0.15, -0.1) is 10.2 Å². The first-order valence-corrected chi connectivity index (χ1v) is 10.0. The van der Waals surface area contributed by atoms with Gasteiger partial charge >= 0.3 is 0 Å². The number of carbonyl (C=O) groups is 1. The molecular formula is C19H21N7OS. The first-order chi connectivity index (χ1) is 13.7. The molecule has 0 spiro atoms. The van der Waals surface area contributed by atoms with Gasteiger partial charge in [-0.05, 0) is 24.3 Å². The number of benzene rings is 1. The van der Waals surface area contributed by atoms with Gasteiger partial charge in [0.1, 0.15) is 5.82 Å². The Balaban J connectivity index is 1.35. The van der Waals surface area contributed by atoms with E-state index >= 15 is 0 Å². The first-order valence-electron chi connectivity index (χ1n) is 9.25. The van der Waals surface area contributed by atoms with Crippen molar-refractivity contribution in [3.05, 3.63) is 54.0 Å². The molecule has 0 aliphatic carbocycles. The SMILES string of the molecule is CCc1nsc(N2CCN(c3ccc(C(=O)Nc4ccccc4)nn3)CC2)n1. The Morgan fingerprint density at radius 3 is 2.43 bits per heavy atom. The fraction of sp³-hybridized carbons (Fsp3) is 0.316. The van der Waals surface area contributed by atoms with Crippen LogP contribution in [-0.4, -0.2) is 51.6 Å². The van der Waals surface area contributed by atoms with Gasteiger partial charge < -0.3 is 15.1 Å². The van der Waals surface area contributed by atoms with Crippen molar-refractivity contribution in [2.24, 2.45) is 0 Å². The summed E-state index contributed by atoms with van der Waals surface area (Å²) < 4.78 is 4.36. The van der Waals surface area contributed by atoms with Crippen LogP contribution in [0.2, 0.25) is 0 Å². The van der Waals surface area contributed by atoms with Crippen LogP contribution in [0.15, 0.2) is 42.5 Å². The molecular weight excluding hydrogens is 374 g/mol. The fourth-order valence-corrected chi connectivity index (χ4v) is 3.78. The van der Waals surface area contributed by atoms with E-state index in [0.717, 1.165) is 55.1 Å². The molecule has 9 heteroatoms. The molecule has 144 valence electrons. The van der Waals surface area contributed by atoms with Crippen LogP contribution < -0.4 is 15.1 Å². The maximum atomic E-state index is 12.3. The monoisotopic (exact) mass is 395 g/mol. The zero-order valence-corrected chi connectivity index (χ0v) is 16.4. The highest BCUT2D eigenvalue weighted by atomic mass is 32.1. The molecule has 1 aromatic carbocycles. The van der Waals surface area contributed by atoms with Crippen molar-refractivity contribution in [3.8, 4) is 0 Å². The van der Waals surface area contributed by atoms with Gasteiger partial charge in [0.05, 0.1) is 0 Å². The van der Waals surface area contributed by atoms with Crippen molar-refractivity contribution in [2.75, 3.05) is 41.3 Å². The number of aryl methyl sites for hydroxylation is 1. The van der Waals surface area contributed by atoms with Crippen molar-refractivity contribution in [2.45, 2.75) is 13.3 Å². The lowest BCUT2D eigenvalue weighted by Crippen LogP contribution is -2.46. The lowest BCUT2D eigenvalue weighted by Gasteiger charge is -2.34. The van der Waals surface area contributed by atoms with E-state index in [1.54, 1.807) is 6.07 Å². The maximum absolute atomic E-state index is 12.3. The Bertz CT molecular complexity index is 921. The van der Waals surface area contributed by atoms with Crippen LogP contribution in [0.3, 0.4) is 0 Å². The standard InChI is InChI=1S/C19H21N7OS/c1-2-16-21-19(28-24-16)26-12-10-25(11-13-26)17-9-8-15(22-23-17)18(27)20-14-6-4-3-5-7-14/h3-9H,2,10-13H2,1H3,(H,20,27). The van der Waals surface area contributed by atoms with Gasteiger partial charge in [0.15, 0.2) is 11.5 Å². The lowest BCUT2D eigenvalue weighted by atomic mass is 10.3. The number of amides is 1. The molecule has 1 aliphatic rings. The molecule has 0 atom stereocenters. The smallest absolute Gasteiger partial charge is 0.276 e. The molecule has 8 nitrogen and oxygen atoms in total. The Hall–Kier alpha value is -3.07. The highest BCUT2D eigenvalue weighted by Crippen LogP contribution is 2.21. The number of hydrogen-bond acceptors (Lipinski definition) is 8. The summed E-state index contributed by atoms with van der Waals surface area (Å²) in [6, 6.07) is 12.9. The number of rotatable bonds is 5. The summed E-state index contributed by atoms with van der Waals surface area (Å²) >= 11 is 1.46. The van der Waals surface area contributed by atoms with Gasteiger partial charge in [-0.3, -0.25) is 4.79 Å². The first kappa shape index (κ1) is 18.3. The van der Waals surface area contributed by atoms with Crippen molar-refractivity contribution in [3.63, 3.8) is 0 Å². The third kappa shape index (κ3) is 4.09. The Morgan fingerprint density at radius 1 is 1.04 bits per heavy atom. The average molecular weight is 395 g/mol. The average Bonchev–Trinajstić information content (AvgIpc) is 3.24. The number of nitrogens with one attached hydrogen (secondary N) is 1. The van der Waals surface area contributed by atoms with Crippen LogP contribution >= 0.6 is 11.5 Å². The van der Waals surface area contributed by atoms with E-state index in [4.69, 9.17) is 0 Å². The molecule has 1 N–H and O–H groups in total. The second-order valence-electron chi connectivity index (χ2n) is 6.42. The van der Waals surface area contributed by atoms with E-state index in [-0.39, 0.29) is 5.91 Å². The van der Waals surface area contributed by atoms with E-state index in [1.807, 2.05) is 36.4 Å². The van der Waals surface area contributed by atoms with E-state index in [0.29, 0.717) is 5.69 Å². The third-order valence-electron chi connectivity index (χ3n) is 4.56.